The number of hydrogen-bond acceptors (Lipinski definition) is 3. The van der Waals surface area contributed by atoms with Crippen molar-refractivity contribution in [1.82, 2.24) is 5.32 Å². The molecule has 16 heavy (non-hydrogen) atoms. The highest BCUT2D eigenvalue weighted by Gasteiger charge is 2.10. The van der Waals surface area contributed by atoms with Gasteiger partial charge in [-0.1, -0.05) is 18.2 Å². The van der Waals surface area contributed by atoms with Crippen LogP contribution < -0.4 is 5.32 Å². The molecule has 0 aliphatic heterocycles. The van der Waals surface area contributed by atoms with Crippen molar-refractivity contribution in [2.24, 2.45) is 0 Å². The number of ether oxygens (including phenoxy) is 1. The number of rotatable bonds is 4. The molecule has 88 valence electrons. The number of hydrogen-bond donors (Lipinski definition) is 1. The molecule has 0 saturated carbocycles. The Kier molecular flexibility index (Phi) is 4.50. The maximum Gasteiger partial charge on any atom is 0.319 e. The van der Waals surface area contributed by atoms with Crippen molar-refractivity contribution in [3.63, 3.8) is 0 Å². The summed E-state index contributed by atoms with van der Waals surface area (Å²) in [7, 11) is 1.40. The van der Waals surface area contributed by atoms with Crippen LogP contribution in [0.1, 0.15) is 29.7 Å². The van der Waals surface area contributed by atoms with Crippen LogP contribution in [-0.2, 0) is 9.53 Å². The Bertz CT molecular complexity index is 374. The minimum atomic E-state index is -0.239. The average molecular weight is 221 g/mol. The standard InChI is InChI=1S/C13H19NO2/c1-9-6-5-7-12(10(9)2)11(3)14-8-13(15)16-4/h5-7,11,14H,8H2,1-4H3. The third kappa shape index (κ3) is 3.07. The normalized spacial score (nSPS) is 12.2. The first-order valence-corrected chi connectivity index (χ1v) is 5.42. The first-order chi connectivity index (χ1) is 7.56. The van der Waals surface area contributed by atoms with Crippen LogP contribution in [0.3, 0.4) is 0 Å². The summed E-state index contributed by atoms with van der Waals surface area (Å²) in [5.41, 5.74) is 3.76. The van der Waals surface area contributed by atoms with E-state index in [1.54, 1.807) is 0 Å². The fourth-order valence-corrected chi connectivity index (χ4v) is 1.66. The van der Waals surface area contributed by atoms with E-state index < -0.39 is 0 Å². The molecule has 0 amide bonds. The second-order valence-corrected chi connectivity index (χ2v) is 3.97. The molecule has 1 aromatic rings. The van der Waals surface area contributed by atoms with Gasteiger partial charge in [0.05, 0.1) is 13.7 Å². The van der Waals surface area contributed by atoms with Crippen LogP contribution in [0, 0.1) is 13.8 Å². The Morgan fingerprint density at radius 3 is 2.75 bits per heavy atom. The van der Waals surface area contributed by atoms with E-state index in [-0.39, 0.29) is 18.6 Å². The third-order valence-corrected chi connectivity index (χ3v) is 2.89. The largest absolute Gasteiger partial charge is 0.468 e. The van der Waals surface area contributed by atoms with Gasteiger partial charge < -0.3 is 10.1 Å². The second-order valence-electron chi connectivity index (χ2n) is 3.97. The van der Waals surface area contributed by atoms with E-state index in [2.05, 4.69) is 36.0 Å². The maximum atomic E-state index is 11.0. The Hall–Kier alpha value is -1.35. The lowest BCUT2D eigenvalue weighted by Gasteiger charge is -2.17. The molecule has 0 bridgehead atoms. The lowest BCUT2D eigenvalue weighted by Crippen LogP contribution is -2.27. The highest BCUT2D eigenvalue weighted by molar-refractivity contribution is 5.71. The summed E-state index contributed by atoms with van der Waals surface area (Å²) in [6.45, 7) is 6.47. The summed E-state index contributed by atoms with van der Waals surface area (Å²) in [5.74, 6) is -0.239. The van der Waals surface area contributed by atoms with Gasteiger partial charge in [-0.05, 0) is 37.5 Å². The first kappa shape index (κ1) is 12.7. The summed E-state index contributed by atoms with van der Waals surface area (Å²) >= 11 is 0. The van der Waals surface area contributed by atoms with Crippen molar-refractivity contribution < 1.29 is 9.53 Å². The van der Waals surface area contributed by atoms with Crippen LogP contribution in [-0.4, -0.2) is 19.6 Å². The van der Waals surface area contributed by atoms with Crippen molar-refractivity contribution in [2.75, 3.05) is 13.7 Å². The monoisotopic (exact) mass is 221 g/mol. The number of carbonyl (C=O) groups excluding carboxylic acids is 1. The molecule has 1 aromatic carbocycles. The summed E-state index contributed by atoms with van der Waals surface area (Å²) < 4.78 is 4.59. The molecule has 0 heterocycles. The molecule has 1 rings (SSSR count). The van der Waals surface area contributed by atoms with Crippen molar-refractivity contribution in [3.8, 4) is 0 Å². The fraction of sp³-hybridized carbons (Fsp3) is 0.462. The van der Waals surface area contributed by atoms with Crippen LogP contribution in [0.5, 0.6) is 0 Å². The smallest absolute Gasteiger partial charge is 0.319 e. The van der Waals surface area contributed by atoms with E-state index in [1.165, 1.54) is 23.8 Å². The highest BCUT2D eigenvalue weighted by atomic mass is 16.5. The second kappa shape index (κ2) is 5.66. The van der Waals surface area contributed by atoms with E-state index in [4.69, 9.17) is 0 Å². The summed E-state index contributed by atoms with van der Waals surface area (Å²) in [6, 6.07) is 6.36. The molecular formula is C13H19NO2. The first-order valence-electron chi connectivity index (χ1n) is 5.42. The van der Waals surface area contributed by atoms with Gasteiger partial charge in [-0.15, -0.1) is 0 Å². The zero-order valence-electron chi connectivity index (χ0n) is 10.3. The lowest BCUT2D eigenvalue weighted by molar-refractivity contribution is -0.139. The molecule has 0 radical (unpaired) electrons. The molecule has 0 spiro atoms. The third-order valence-electron chi connectivity index (χ3n) is 2.89. The van der Waals surface area contributed by atoms with Gasteiger partial charge in [0, 0.05) is 6.04 Å². The average Bonchev–Trinajstić information content (AvgIpc) is 2.29. The number of nitrogens with one attached hydrogen (secondary N) is 1. The topological polar surface area (TPSA) is 38.3 Å². The van der Waals surface area contributed by atoms with Crippen LogP contribution in [0.4, 0.5) is 0 Å². The predicted molar refractivity (Wildman–Crippen MR) is 64.3 cm³/mol. The van der Waals surface area contributed by atoms with Crippen LogP contribution in [0.25, 0.3) is 0 Å². The highest BCUT2D eigenvalue weighted by Crippen LogP contribution is 2.19. The molecule has 0 fully saturated rings. The zero-order chi connectivity index (χ0) is 12.1. The molecule has 3 heteroatoms. The van der Waals surface area contributed by atoms with E-state index in [9.17, 15) is 4.79 Å². The van der Waals surface area contributed by atoms with Crippen molar-refractivity contribution >= 4 is 5.97 Å². The maximum absolute atomic E-state index is 11.0. The SMILES string of the molecule is COC(=O)CNC(C)c1cccc(C)c1C. The van der Waals surface area contributed by atoms with Crippen LogP contribution >= 0.6 is 0 Å². The van der Waals surface area contributed by atoms with Gasteiger partial charge in [0.15, 0.2) is 0 Å². The van der Waals surface area contributed by atoms with Gasteiger partial charge in [-0.25, -0.2) is 0 Å². The van der Waals surface area contributed by atoms with E-state index >= 15 is 0 Å². The van der Waals surface area contributed by atoms with E-state index in [1.807, 2.05) is 13.0 Å². The Balaban J connectivity index is 2.69. The van der Waals surface area contributed by atoms with Gasteiger partial charge in [-0.2, -0.15) is 0 Å². The lowest BCUT2D eigenvalue weighted by atomic mass is 9.98. The van der Waals surface area contributed by atoms with Gasteiger partial charge in [0.1, 0.15) is 0 Å². The summed E-state index contributed by atoms with van der Waals surface area (Å²) in [5, 5.41) is 3.14. The quantitative estimate of drug-likeness (QED) is 0.791. The molecular weight excluding hydrogens is 202 g/mol. The molecule has 0 aliphatic rings. The number of esters is 1. The Labute approximate surface area is 96.8 Å². The molecule has 1 atom stereocenters. The minimum absolute atomic E-state index is 0.152. The Morgan fingerprint density at radius 2 is 2.12 bits per heavy atom. The number of methoxy groups -OCH3 is 1. The van der Waals surface area contributed by atoms with Crippen molar-refractivity contribution in [1.29, 1.82) is 0 Å². The van der Waals surface area contributed by atoms with Crippen LogP contribution in [0.2, 0.25) is 0 Å². The van der Waals surface area contributed by atoms with Gasteiger partial charge in [0.2, 0.25) is 0 Å². The predicted octanol–water partition coefficient (Wildman–Crippen LogP) is 2.13. The van der Waals surface area contributed by atoms with Gasteiger partial charge >= 0.3 is 5.97 Å². The molecule has 0 saturated heterocycles. The summed E-state index contributed by atoms with van der Waals surface area (Å²) in [6.07, 6.45) is 0. The molecule has 1 unspecified atom stereocenters. The van der Waals surface area contributed by atoms with Crippen molar-refractivity contribution in [2.45, 2.75) is 26.8 Å². The zero-order valence-corrected chi connectivity index (χ0v) is 10.3. The summed E-state index contributed by atoms with van der Waals surface area (Å²) in [4.78, 5) is 11.0. The number of aryl methyl sites for hydroxylation is 1. The molecule has 1 N–H and O–H groups in total. The fourth-order valence-electron chi connectivity index (χ4n) is 1.66. The number of carbonyl (C=O) groups is 1. The van der Waals surface area contributed by atoms with E-state index in [0.29, 0.717) is 0 Å². The molecule has 3 nitrogen and oxygen atoms in total. The molecule has 0 aliphatic carbocycles. The number of benzene rings is 1. The van der Waals surface area contributed by atoms with E-state index in [0.717, 1.165) is 0 Å². The van der Waals surface area contributed by atoms with Gasteiger partial charge in [0.25, 0.3) is 0 Å². The van der Waals surface area contributed by atoms with Crippen molar-refractivity contribution in [3.05, 3.63) is 34.9 Å². The molecule has 0 aromatic heterocycles. The minimum Gasteiger partial charge on any atom is -0.468 e. The van der Waals surface area contributed by atoms with Gasteiger partial charge in [-0.3, -0.25) is 4.79 Å². The van der Waals surface area contributed by atoms with Crippen LogP contribution in [0.15, 0.2) is 18.2 Å². The Morgan fingerprint density at radius 1 is 1.44 bits per heavy atom.